The van der Waals surface area contributed by atoms with Gasteiger partial charge in [0.05, 0.1) is 10.7 Å². The minimum Gasteiger partial charge on any atom is -0.353 e. The summed E-state index contributed by atoms with van der Waals surface area (Å²) in [5.74, 6) is -1.90. The van der Waals surface area contributed by atoms with Gasteiger partial charge in [-0.05, 0) is 42.8 Å². The normalized spacial score (nSPS) is 10.7. The van der Waals surface area contributed by atoms with E-state index in [9.17, 15) is 18.0 Å². The van der Waals surface area contributed by atoms with Gasteiger partial charge in [0.25, 0.3) is 5.91 Å². The van der Waals surface area contributed by atoms with Crippen molar-refractivity contribution in [2.45, 2.75) is 6.92 Å². The Labute approximate surface area is 171 Å². The van der Waals surface area contributed by atoms with Crippen LogP contribution < -0.4 is 10.6 Å². The minimum atomic E-state index is -0.763. The van der Waals surface area contributed by atoms with Crippen molar-refractivity contribution in [3.8, 4) is 11.1 Å². The summed E-state index contributed by atoms with van der Waals surface area (Å²) in [7, 11) is 0. The van der Waals surface area contributed by atoms with E-state index in [0.717, 1.165) is 17.7 Å². The van der Waals surface area contributed by atoms with Crippen LogP contribution in [0.4, 0.5) is 24.5 Å². The molecule has 0 radical (unpaired) electrons. The highest BCUT2D eigenvalue weighted by molar-refractivity contribution is 6.34. The molecule has 1 amide bonds. The number of aryl methyl sites for hydroxylation is 1. The van der Waals surface area contributed by atoms with E-state index in [2.05, 4.69) is 10.6 Å². The maximum absolute atomic E-state index is 14.1. The van der Waals surface area contributed by atoms with Crippen LogP contribution in [0.5, 0.6) is 0 Å². The Balaban J connectivity index is 2.12. The molecular weight excluding hydrogens is 401 g/mol. The first-order valence-corrected chi connectivity index (χ1v) is 9.24. The number of rotatable bonds is 6. The maximum Gasteiger partial charge on any atom is 0.252 e. The number of hydrogen-bond acceptors (Lipinski definition) is 2. The standard InChI is InChI=1S/C22H18ClF3N2O/c1-13-5-7-15(22(29)27-10-9-24)16(11-13)21-17(23)3-2-4-20(21)28-19-8-6-14(25)12-18(19)26/h2-8,11-12,28H,9-10H2,1H3,(H,27,29). The Morgan fingerprint density at radius 1 is 1.03 bits per heavy atom. The quantitative estimate of drug-likeness (QED) is 0.512. The van der Waals surface area contributed by atoms with Gasteiger partial charge in [0.2, 0.25) is 0 Å². The summed E-state index contributed by atoms with van der Waals surface area (Å²) in [4.78, 5) is 12.5. The highest BCUT2D eigenvalue weighted by Gasteiger charge is 2.19. The topological polar surface area (TPSA) is 41.1 Å². The summed E-state index contributed by atoms with van der Waals surface area (Å²) in [5.41, 5.74) is 2.67. The fourth-order valence-corrected chi connectivity index (χ4v) is 3.23. The number of hydrogen-bond donors (Lipinski definition) is 2. The fraction of sp³-hybridized carbons (Fsp3) is 0.136. The van der Waals surface area contributed by atoms with Crippen molar-refractivity contribution in [2.75, 3.05) is 18.5 Å². The Bertz CT molecular complexity index is 1060. The Kier molecular flexibility index (Phi) is 6.44. The van der Waals surface area contributed by atoms with Gasteiger partial charge in [-0.2, -0.15) is 0 Å². The van der Waals surface area contributed by atoms with Crippen molar-refractivity contribution in [3.05, 3.63) is 82.4 Å². The molecule has 0 unspecified atom stereocenters. The molecule has 29 heavy (non-hydrogen) atoms. The van der Waals surface area contributed by atoms with Crippen LogP contribution in [0.15, 0.2) is 54.6 Å². The molecule has 0 heterocycles. The lowest BCUT2D eigenvalue weighted by atomic mass is 9.95. The van der Waals surface area contributed by atoms with Crippen LogP contribution in [0.3, 0.4) is 0 Å². The third kappa shape index (κ3) is 4.71. The average Bonchev–Trinajstić information content (AvgIpc) is 2.68. The molecule has 0 atom stereocenters. The van der Waals surface area contributed by atoms with Gasteiger partial charge in [-0.3, -0.25) is 4.79 Å². The summed E-state index contributed by atoms with van der Waals surface area (Å²) in [5, 5.41) is 5.76. The van der Waals surface area contributed by atoms with Gasteiger partial charge in [0, 0.05) is 29.4 Å². The molecule has 2 N–H and O–H groups in total. The van der Waals surface area contributed by atoms with Gasteiger partial charge in [0.1, 0.15) is 18.3 Å². The molecule has 3 aromatic rings. The maximum atomic E-state index is 14.1. The van der Waals surface area contributed by atoms with E-state index in [1.54, 1.807) is 36.4 Å². The van der Waals surface area contributed by atoms with Crippen molar-refractivity contribution in [2.24, 2.45) is 0 Å². The average molecular weight is 419 g/mol. The monoisotopic (exact) mass is 418 g/mol. The zero-order valence-electron chi connectivity index (χ0n) is 15.5. The zero-order chi connectivity index (χ0) is 21.0. The molecule has 0 bridgehead atoms. The summed E-state index contributed by atoms with van der Waals surface area (Å²) in [6.07, 6.45) is 0. The number of benzene rings is 3. The first-order chi connectivity index (χ1) is 13.9. The van der Waals surface area contributed by atoms with Gasteiger partial charge < -0.3 is 10.6 Å². The van der Waals surface area contributed by atoms with E-state index >= 15 is 0 Å². The van der Waals surface area contributed by atoms with Crippen LogP contribution in [-0.2, 0) is 0 Å². The summed E-state index contributed by atoms with van der Waals surface area (Å²) in [6.45, 7) is 1.06. The fourth-order valence-electron chi connectivity index (χ4n) is 2.96. The van der Waals surface area contributed by atoms with Gasteiger partial charge in [-0.25, -0.2) is 13.2 Å². The predicted molar refractivity (Wildman–Crippen MR) is 110 cm³/mol. The lowest BCUT2D eigenvalue weighted by molar-refractivity contribution is 0.0951. The van der Waals surface area contributed by atoms with Gasteiger partial charge in [0.15, 0.2) is 0 Å². The molecular formula is C22H18ClF3N2O. The second-order valence-electron chi connectivity index (χ2n) is 6.41. The van der Waals surface area contributed by atoms with Crippen molar-refractivity contribution < 1.29 is 18.0 Å². The van der Waals surface area contributed by atoms with Crippen LogP contribution in [0, 0.1) is 18.6 Å². The van der Waals surface area contributed by atoms with E-state index in [0.29, 0.717) is 27.4 Å². The van der Waals surface area contributed by atoms with Crippen molar-refractivity contribution in [1.29, 1.82) is 0 Å². The molecule has 0 aliphatic heterocycles. The summed E-state index contributed by atoms with van der Waals surface area (Å²) in [6, 6.07) is 13.4. The number of anilines is 2. The third-order valence-electron chi connectivity index (χ3n) is 4.28. The molecule has 0 aliphatic rings. The molecule has 7 heteroatoms. The number of carbonyl (C=O) groups is 1. The van der Waals surface area contributed by atoms with Crippen LogP contribution >= 0.6 is 11.6 Å². The second kappa shape index (κ2) is 9.01. The molecule has 0 fully saturated rings. The van der Waals surface area contributed by atoms with E-state index in [-0.39, 0.29) is 12.2 Å². The Hall–Kier alpha value is -2.99. The van der Waals surface area contributed by atoms with Crippen molar-refractivity contribution >= 4 is 28.9 Å². The van der Waals surface area contributed by atoms with Crippen LogP contribution in [0.1, 0.15) is 15.9 Å². The number of carbonyl (C=O) groups excluding carboxylic acids is 1. The van der Waals surface area contributed by atoms with Gasteiger partial charge in [-0.1, -0.05) is 35.4 Å². The number of nitrogens with one attached hydrogen (secondary N) is 2. The Morgan fingerprint density at radius 3 is 2.55 bits per heavy atom. The van der Waals surface area contributed by atoms with Gasteiger partial charge in [-0.15, -0.1) is 0 Å². The lowest BCUT2D eigenvalue weighted by Crippen LogP contribution is -2.26. The van der Waals surface area contributed by atoms with E-state index in [1.807, 2.05) is 6.92 Å². The third-order valence-corrected chi connectivity index (χ3v) is 4.60. The van der Waals surface area contributed by atoms with E-state index in [4.69, 9.17) is 11.6 Å². The number of alkyl halides is 1. The summed E-state index contributed by atoms with van der Waals surface area (Å²) >= 11 is 6.44. The molecule has 3 aromatic carbocycles. The van der Waals surface area contributed by atoms with Crippen LogP contribution in [-0.4, -0.2) is 19.1 Å². The largest absolute Gasteiger partial charge is 0.353 e. The predicted octanol–water partition coefficient (Wildman–Crippen LogP) is 6.04. The highest BCUT2D eigenvalue weighted by Crippen LogP contribution is 2.39. The second-order valence-corrected chi connectivity index (χ2v) is 6.81. The van der Waals surface area contributed by atoms with E-state index in [1.165, 1.54) is 6.07 Å². The molecule has 150 valence electrons. The minimum absolute atomic E-state index is 0.0611. The molecule has 0 aromatic heterocycles. The van der Waals surface area contributed by atoms with Crippen LogP contribution in [0.25, 0.3) is 11.1 Å². The molecule has 0 saturated carbocycles. The molecule has 0 saturated heterocycles. The van der Waals surface area contributed by atoms with E-state index < -0.39 is 24.2 Å². The van der Waals surface area contributed by atoms with Gasteiger partial charge >= 0.3 is 0 Å². The lowest BCUT2D eigenvalue weighted by Gasteiger charge is -2.17. The molecule has 3 nitrogen and oxygen atoms in total. The highest BCUT2D eigenvalue weighted by atomic mass is 35.5. The van der Waals surface area contributed by atoms with Crippen molar-refractivity contribution in [3.63, 3.8) is 0 Å². The number of amides is 1. The molecule has 0 aliphatic carbocycles. The molecule has 0 spiro atoms. The number of halogens is 4. The zero-order valence-corrected chi connectivity index (χ0v) is 16.3. The Morgan fingerprint density at radius 2 is 1.83 bits per heavy atom. The SMILES string of the molecule is Cc1ccc(C(=O)NCCF)c(-c2c(Cl)cccc2Nc2ccc(F)cc2F)c1. The summed E-state index contributed by atoms with van der Waals surface area (Å²) < 4.78 is 39.9. The first kappa shape index (κ1) is 20.7. The smallest absolute Gasteiger partial charge is 0.252 e. The molecule has 3 rings (SSSR count). The van der Waals surface area contributed by atoms with Crippen LogP contribution in [0.2, 0.25) is 5.02 Å². The first-order valence-electron chi connectivity index (χ1n) is 8.86. The van der Waals surface area contributed by atoms with Crippen molar-refractivity contribution in [1.82, 2.24) is 5.32 Å².